The summed E-state index contributed by atoms with van der Waals surface area (Å²) in [4.78, 5) is 13.2. The van der Waals surface area contributed by atoms with Crippen LogP contribution in [0, 0.1) is 23.4 Å². The fourth-order valence-electron chi connectivity index (χ4n) is 3.54. The van der Waals surface area contributed by atoms with Gasteiger partial charge in [0, 0.05) is 19.5 Å². The minimum atomic E-state index is -0.799. The van der Waals surface area contributed by atoms with Crippen LogP contribution in [0.1, 0.15) is 26.2 Å². The minimum Gasteiger partial charge on any atom is -0.505 e. The van der Waals surface area contributed by atoms with Crippen LogP contribution in [0.2, 0.25) is 0 Å². The smallest absolute Gasteiger partial charge is 0.306 e. The summed E-state index contributed by atoms with van der Waals surface area (Å²) in [5.41, 5.74) is 0.423. The summed E-state index contributed by atoms with van der Waals surface area (Å²) in [5.74, 6) is -2.92. The molecule has 1 fully saturated rings. The Morgan fingerprint density at radius 3 is 2.29 bits per heavy atom. The fraction of sp³-hybridized carbons (Fsp3) is 0.381. The van der Waals surface area contributed by atoms with Gasteiger partial charge in [-0.25, -0.2) is 13.2 Å². The lowest BCUT2D eigenvalue weighted by molar-refractivity contribution is -0.144. The van der Waals surface area contributed by atoms with E-state index in [-0.39, 0.29) is 23.1 Å². The Balaban J connectivity index is 1.73. The number of piperidine rings is 1. The highest BCUT2D eigenvalue weighted by Crippen LogP contribution is 2.34. The molecule has 3 rings (SSSR count). The van der Waals surface area contributed by atoms with Gasteiger partial charge in [-0.15, -0.1) is 0 Å². The van der Waals surface area contributed by atoms with E-state index in [2.05, 4.69) is 0 Å². The lowest BCUT2D eigenvalue weighted by atomic mass is 9.93. The quantitative estimate of drug-likeness (QED) is 0.752. The number of phenols is 1. The van der Waals surface area contributed by atoms with Gasteiger partial charge in [-0.3, -0.25) is 4.79 Å². The number of benzene rings is 2. The van der Waals surface area contributed by atoms with E-state index in [1.807, 2.05) is 0 Å². The molecule has 0 spiro atoms. The van der Waals surface area contributed by atoms with Gasteiger partial charge in [0.05, 0.1) is 6.61 Å². The van der Waals surface area contributed by atoms with Gasteiger partial charge in [-0.05, 0) is 61.1 Å². The molecule has 1 N–H and O–H groups in total. The molecular weight excluding hydrogens is 371 g/mol. The summed E-state index contributed by atoms with van der Waals surface area (Å²) in [7, 11) is 0. The first-order valence-electron chi connectivity index (χ1n) is 9.27. The Kier molecular flexibility index (Phi) is 6.11. The Morgan fingerprint density at radius 2 is 1.71 bits per heavy atom. The van der Waals surface area contributed by atoms with Crippen molar-refractivity contribution in [2.75, 3.05) is 24.6 Å². The second kappa shape index (κ2) is 8.54. The first-order valence-corrected chi connectivity index (χ1v) is 9.27. The zero-order valence-electron chi connectivity index (χ0n) is 15.6. The maximum atomic E-state index is 14.7. The SMILES string of the molecule is CCOC(=O)CC1CCN(c2c(F)cc(-c3ccc(F)c(O)c3)cc2F)CC1. The topological polar surface area (TPSA) is 49.8 Å². The molecule has 2 aromatic rings. The molecule has 0 bridgehead atoms. The van der Waals surface area contributed by atoms with Gasteiger partial charge in [-0.2, -0.15) is 0 Å². The number of rotatable bonds is 5. The molecule has 7 heteroatoms. The molecule has 0 unspecified atom stereocenters. The predicted octanol–water partition coefficient (Wildman–Crippen LogP) is 4.65. The van der Waals surface area contributed by atoms with Gasteiger partial charge in [0.1, 0.15) is 17.3 Å². The van der Waals surface area contributed by atoms with Gasteiger partial charge >= 0.3 is 5.97 Å². The number of ether oxygens (including phenoxy) is 1. The summed E-state index contributed by atoms with van der Waals surface area (Å²) in [6.45, 7) is 2.97. The van der Waals surface area contributed by atoms with Gasteiger partial charge in [0.25, 0.3) is 0 Å². The van der Waals surface area contributed by atoms with Crippen molar-refractivity contribution in [1.29, 1.82) is 0 Å². The molecule has 2 aromatic carbocycles. The van der Waals surface area contributed by atoms with Crippen molar-refractivity contribution in [2.24, 2.45) is 5.92 Å². The van der Waals surface area contributed by atoms with Crippen LogP contribution in [0.25, 0.3) is 11.1 Å². The van der Waals surface area contributed by atoms with Gasteiger partial charge in [0.2, 0.25) is 0 Å². The third kappa shape index (κ3) is 4.40. The Labute approximate surface area is 161 Å². The number of carbonyl (C=O) groups is 1. The summed E-state index contributed by atoms with van der Waals surface area (Å²) >= 11 is 0. The third-order valence-corrected chi connectivity index (χ3v) is 4.99. The van der Waals surface area contributed by atoms with Crippen molar-refractivity contribution in [3.05, 3.63) is 47.8 Å². The number of esters is 1. The van der Waals surface area contributed by atoms with Gasteiger partial charge in [0.15, 0.2) is 11.6 Å². The molecule has 4 nitrogen and oxygen atoms in total. The van der Waals surface area contributed by atoms with E-state index < -0.39 is 23.2 Å². The summed E-state index contributed by atoms with van der Waals surface area (Å²) in [6, 6.07) is 5.88. The lowest BCUT2D eigenvalue weighted by Gasteiger charge is -2.33. The molecule has 0 radical (unpaired) electrons. The number of nitrogens with zero attached hydrogens (tertiary/aromatic N) is 1. The molecule has 0 aliphatic carbocycles. The molecular formula is C21H22F3NO3. The zero-order chi connectivity index (χ0) is 20.3. The Morgan fingerprint density at radius 1 is 1.07 bits per heavy atom. The molecule has 28 heavy (non-hydrogen) atoms. The molecule has 1 aliphatic rings. The molecule has 0 amide bonds. The lowest BCUT2D eigenvalue weighted by Crippen LogP contribution is -2.35. The number of halogens is 3. The highest BCUT2D eigenvalue weighted by molar-refractivity contribution is 5.70. The zero-order valence-corrected chi connectivity index (χ0v) is 15.6. The van der Waals surface area contributed by atoms with Crippen LogP contribution in [0.5, 0.6) is 5.75 Å². The maximum Gasteiger partial charge on any atom is 0.306 e. The highest BCUT2D eigenvalue weighted by atomic mass is 19.1. The number of hydrogen-bond acceptors (Lipinski definition) is 4. The fourth-order valence-corrected chi connectivity index (χ4v) is 3.54. The molecule has 1 aliphatic heterocycles. The summed E-state index contributed by atoms with van der Waals surface area (Å²) < 4.78 is 47.5. The van der Waals surface area contributed by atoms with Crippen LogP contribution in [-0.4, -0.2) is 30.8 Å². The largest absolute Gasteiger partial charge is 0.505 e. The van der Waals surface area contributed by atoms with Crippen molar-refractivity contribution in [3.63, 3.8) is 0 Å². The third-order valence-electron chi connectivity index (χ3n) is 4.99. The first-order chi connectivity index (χ1) is 13.4. The minimum absolute atomic E-state index is 0.107. The van der Waals surface area contributed by atoms with E-state index in [4.69, 9.17) is 4.74 Å². The second-order valence-electron chi connectivity index (χ2n) is 6.89. The van der Waals surface area contributed by atoms with Crippen molar-refractivity contribution in [3.8, 4) is 16.9 Å². The van der Waals surface area contributed by atoms with Crippen LogP contribution < -0.4 is 4.90 Å². The predicted molar refractivity (Wildman–Crippen MR) is 99.6 cm³/mol. The second-order valence-corrected chi connectivity index (χ2v) is 6.89. The van der Waals surface area contributed by atoms with Gasteiger partial charge < -0.3 is 14.7 Å². The van der Waals surface area contributed by atoms with Crippen LogP contribution >= 0.6 is 0 Å². The van der Waals surface area contributed by atoms with E-state index in [0.717, 1.165) is 12.1 Å². The normalized spacial score (nSPS) is 14.9. The number of carbonyl (C=O) groups excluding carboxylic acids is 1. The van der Waals surface area contributed by atoms with Crippen LogP contribution in [0.3, 0.4) is 0 Å². The van der Waals surface area contributed by atoms with Crippen molar-refractivity contribution in [1.82, 2.24) is 0 Å². The van der Waals surface area contributed by atoms with Crippen LogP contribution in [-0.2, 0) is 9.53 Å². The summed E-state index contributed by atoms with van der Waals surface area (Å²) in [6.07, 6.45) is 1.61. The van der Waals surface area contributed by atoms with E-state index in [0.29, 0.717) is 44.5 Å². The molecule has 1 saturated heterocycles. The summed E-state index contributed by atoms with van der Waals surface area (Å²) in [5, 5.41) is 9.48. The van der Waals surface area contributed by atoms with E-state index in [1.54, 1.807) is 11.8 Å². The standard InChI is InChI=1S/C21H22F3NO3/c1-2-28-20(27)9-13-5-7-25(8-6-13)21-17(23)10-15(11-18(21)24)14-3-4-16(22)19(26)12-14/h3-4,10-13,26H,2,5-9H2,1H3. The first kappa shape index (κ1) is 20.0. The molecule has 1 heterocycles. The van der Waals surface area contributed by atoms with E-state index in [9.17, 15) is 23.1 Å². The molecule has 0 aromatic heterocycles. The number of anilines is 1. The molecule has 0 atom stereocenters. The Bertz CT molecular complexity index is 841. The van der Waals surface area contributed by atoms with Gasteiger partial charge in [-0.1, -0.05) is 6.07 Å². The van der Waals surface area contributed by atoms with E-state index in [1.165, 1.54) is 18.2 Å². The average molecular weight is 393 g/mol. The number of aromatic hydroxyl groups is 1. The van der Waals surface area contributed by atoms with Crippen LogP contribution in [0.4, 0.5) is 18.9 Å². The van der Waals surface area contributed by atoms with Crippen LogP contribution in [0.15, 0.2) is 30.3 Å². The Hall–Kier alpha value is -2.70. The van der Waals surface area contributed by atoms with Crippen molar-refractivity contribution in [2.45, 2.75) is 26.2 Å². The van der Waals surface area contributed by atoms with E-state index >= 15 is 0 Å². The molecule has 150 valence electrons. The average Bonchev–Trinajstić information content (AvgIpc) is 2.65. The van der Waals surface area contributed by atoms with Crippen molar-refractivity contribution < 1.29 is 27.8 Å². The monoisotopic (exact) mass is 393 g/mol. The maximum absolute atomic E-state index is 14.7. The number of hydrogen-bond donors (Lipinski definition) is 1. The molecule has 0 saturated carbocycles. The van der Waals surface area contributed by atoms with Crippen molar-refractivity contribution >= 4 is 11.7 Å². The number of phenolic OH excluding ortho intramolecular Hbond substituents is 1. The highest BCUT2D eigenvalue weighted by Gasteiger charge is 2.26.